The molecule has 21 heavy (non-hydrogen) atoms. The molecule has 0 aliphatic carbocycles. The molecule has 2 rings (SSSR count). The lowest BCUT2D eigenvalue weighted by molar-refractivity contribution is 0.112. The van der Waals surface area contributed by atoms with E-state index >= 15 is 0 Å². The normalized spacial score (nSPS) is 10.6. The Kier molecular flexibility index (Phi) is 4.61. The van der Waals surface area contributed by atoms with E-state index in [1.54, 1.807) is 19.2 Å². The van der Waals surface area contributed by atoms with Crippen molar-refractivity contribution in [1.29, 1.82) is 0 Å². The first-order chi connectivity index (χ1) is 10.2. The van der Waals surface area contributed by atoms with Crippen LogP contribution in [-0.4, -0.2) is 25.6 Å². The van der Waals surface area contributed by atoms with Gasteiger partial charge in [-0.05, 0) is 35.4 Å². The molecule has 4 nitrogen and oxygen atoms in total. The summed E-state index contributed by atoms with van der Waals surface area (Å²) in [6.45, 7) is 0. The number of aldehydes is 1. The third kappa shape index (κ3) is 3.42. The molecule has 0 unspecified atom stereocenters. The predicted molar refractivity (Wildman–Crippen MR) is 82.0 cm³/mol. The van der Waals surface area contributed by atoms with Gasteiger partial charge in [0, 0.05) is 0 Å². The highest BCUT2D eigenvalue weighted by Crippen LogP contribution is 2.31. The van der Waals surface area contributed by atoms with Gasteiger partial charge < -0.3 is 14.6 Å². The van der Waals surface area contributed by atoms with E-state index in [2.05, 4.69) is 0 Å². The van der Waals surface area contributed by atoms with Gasteiger partial charge in [0.2, 0.25) is 0 Å². The van der Waals surface area contributed by atoms with Gasteiger partial charge in [-0.1, -0.05) is 24.3 Å². The molecule has 0 bridgehead atoms. The zero-order chi connectivity index (χ0) is 15.2. The molecule has 2 aromatic carbocycles. The third-order valence-electron chi connectivity index (χ3n) is 3.06. The zero-order valence-corrected chi connectivity index (χ0v) is 11.9. The number of benzene rings is 2. The molecule has 0 spiro atoms. The van der Waals surface area contributed by atoms with E-state index in [0.29, 0.717) is 6.29 Å². The van der Waals surface area contributed by atoms with Crippen LogP contribution in [-0.2, 0) is 0 Å². The minimum absolute atomic E-state index is 0.144. The number of carbonyl (C=O) groups is 1. The zero-order valence-electron chi connectivity index (χ0n) is 11.9. The maximum atomic E-state index is 10.9. The van der Waals surface area contributed by atoms with Crippen LogP contribution in [0.25, 0.3) is 12.2 Å². The minimum Gasteiger partial charge on any atom is -0.504 e. The minimum atomic E-state index is -0.144. The Hall–Kier alpha value is -2.75. The van der Waals surface area contributed by atoms with Crippen LogP contribution in [0.2, 0.25) is 0 Å². The number of aromatic hydroxyl groups is 1. The molecule has 0 saturated carbocycles. The molecular formula is C17H16O4. The van der Waals surface area contributed by atoms with E-state index in [1.807, 2.05) is 36.4 Å². The van der Waals surface area contributed by atoms with Crippen molar-refractivity contribution in [2.75, 3.05) is 14.2 Å². The Bertz CT molecular complexity index is 657. The largest absolute Gasteiger partial charge is 0.504 e. The van der Waals surface area contributed by atoms with Crippen LogP contribution >= 0.6 is 0 Å². The summed E-state index contributed by atoms with van der Waals surface area (Å²) in [4.78, 5) is 10.9. The highest BCUT2D eigenvalue weighted by Gasteiger charge is 2.08. The Morgan fingerprint density at radius 1 is 0.952 bits per heavy atom. The molecule has 0 aromatic heterocycles. The first-order valence-electron chi connectivity index (χ1n) is 6.36. The summed E-state index contributed by atoms with van der Waals surface area (Å²) in [5.74, 6) is 0.921. The standard InChI is InChI=1S/C17H16O4/c1-20-15-7-5-12(6-8-15)3-4-13-9-14(11-18)17(19)16(10-13)21-2/h3-11,19H,1-2H3/b4-3-. The summed E-state index contributed by atoms with van der Waals surface area (Å²) in [6, 6.07) is 10.9. The van der Waals surface area contributed by atoms with Crippen molar-refractivity contribution < 1.29 is 19.4 Å². The molecule has 0 atom stereocenters. The van der Waals surface area contributed by atoms with Crippen LogP contribution in [0, 0.1) is 0 Å². The van der Waals surface area contributed by atoms with E-state index in [4.69, 9.17) is 9.47 Å². The van der Waals surface area contributed by atoms with Gasteiger partial charge in [0.15, 0.2) is 17.8 Å². The van der Waals surface area contributed by atoms with E-state index in [-0.39, 0.29) is 17.1 Å². The molecule has 108 valence electrons. The van der Waals surface area contributed by atoms with Crippen LogP contribution in [0.4, 0.5) is 0 Å². The molecule has 4 heteroatoms. The maximum absolute atomic E-state index is 10.9. The van der Waals surface area contributed by atoms with E-state index < -0.39 is 0 Å². The van der Waals surface area contributed by atoms with Gasteiger partial charge in [-0.15, -0.1) is 0 Å². The van der Waals surface area contributed by atoms with Crippen molar-refractivity contribution in [2.24, 2.45) is 0 Å². The highest BCUT2D eigenvalue weighted by molar-refractivity contribution is 5.84. The average Bonchev–Trinajstić information content (AvgIpc) is 2.54. The van der Waals surface area contributed by atoms with Crippen LogP contribution in [0.5, 0.6) is 17.2 Å². The summed E-state index contributed by atoms with van der Waals surface area (Å²) < 4.78 is 10.1. The first-order valence-corrected chi connectivity index (χ1v) is 6.36. The molecule has 1 N–H and O–H groups in total. The van der Waals surface area contributed by atoms with Crippen molar-refractivity contribution in [2.45, 2.75) is 0 Å². The summed E-state index contributed by atoms with van der Waals surface area (Å²) in [7, 11) is 3.06. The van der Waals surface area contributed by atoms with Crippen molar-refractivity contribution in [3.8, 4) is 17.2 Å². The SMILES string of the molecule is COc1ccc(/C=C\c2cc(C=O)c(O)c(OC)c2)cc1. The summed E-state index contributed by atoms with van der Waals surface area (Å²) >= 11 is 0. The fourth-order valence-electron chi connectivity index (χ4n) is 1.90. The van der Waals surface area contributed by atoms with Gasteiger partial charge >= 0.3 is 0 Å². The summed E-state index contributed by atoms with van der Waals surface area (Å²) in [6.07, 6.45) is 4.35. The van der Waals surface area contributed by atoms with E-state index in [1.165, 1.54) is 7.11 Å². The van der Waals surface area contributed by atoms with Crippen molar-refractivity contribution in [1.82, 2.24) is 0 Å². The highest BCUT2D eigenvalue weighted by atomic mass is 16.5. The molecule has 0 radical (unpaired) electrons. The lowest BCUT2D eigenvalue weighted by Crippen LogP contribution is -1.90. The average molecular weight is 284 g/mol. The van der Waals surface area contributed by atoms with Crippen molar-refractivity contribution in [3.63, 3.8) is 0 Å². The first kappa shape index (κ1) is 14.7. The van der Waals surface area contributed by atoms with Crippen LogP contribution in [0.1, 0.15) is 21.5 Å². The number of ether oxygens (including phenoxy) is 2. The van der Waals surface area contributed by atoms with Crippen molar-refractivity contribution >= 4 is 18.4 Å². The quantitative estimate of drug-likeness (QED) is 0.675. The van der Waals surface area contributed by atoms with Crippen LogP contribution in [0.15, 0.2) is 36.4 Å². The number of phenols is 1. The molecule has 0 fully saturated rings. The second-order valence-corrected chi connectivity index (χ2v) is 4.39. The van der Waals surface area contributed by atoms with E-state index in [9.17, 15) is 9.90 Å². The van der Waals surface area contributed by atoms with E-state index in [0.717, 1.165) is 16.9 Å². The van der Waals surface area contributed by atoms with Gasteiger partial charge in [0.05, 0.1) is 19.8 Å². The Morgan fingerprint density at radius 2 is 1.62 bits per heavy atom. The predicted octanol–water partition coefficient (Wildman–Crippen LogP) is 3.39. The summed E-state index contributed by atoms with van der Waals surface area (Å²) in [5, 5.41) is 9.76. The number of hydrogen-bond donors (Lipinski definition) is 1. The fourth-order valence-corrected chi connectivity index (χ4v) is 1.90. The maximum Gasteiger partial charge on any atom is 0.168 e. The second-order valence-electron chi connectivity index (χ2n) is 4.39. The number of phenolic OH excluding ortho intramolecular Hbond substituents is 1. The lowest BCUT2D eigenvalue weighted by Gasteiger charge is -2.06. The molecule has 0 heterocycles. The molecule has 0 saturated heterocycles. The van der Waals surface area contributed by atoms with Gasteiger partial charge in [0.1, 0.15) is 5.75 Å². The Labute approximate surface area is 123 Å². The molecule has 0 aliphatic heterocycles. The molecule has 0 amide bonds. The van der Waals surface area contributed by atoms with Gasteiger partial charge in [-0.2, -0.15) is 0 Å². The Morgan fingerprint density at radius 3 is 2.19 bits per heavy atom. The number of methoxy groups -OCH3 is 2. The molecule has 0 aliphatic rings. The fraction of sp³-hybridized carbons (Fsp3) is 0.118. The van der Waals surface area contributed by atoms with Gasteiger partial charge in [-0.3, -0.25) is 4.79 Å². The molecule has 2 aromatic rings. The lowest BCUT2D eigenvalue weighted by atomic mass is 10.1. The van der Waals surface area contributed by atoms with Crippen molar-refractivity contribution in [3.05, 3.63) is 53.1 Å². The molecular weight excluding hydrogens is 268 g/mol. The Balaban J connectivity index is 2.29. The van der Waals surface area contributed by atoms with Crippen LogP contribution in [0.3, 0.4) is 0 Å². The van der Waals surface area contributed by atoms with Gasteiger partial charge in [-0.25, -0.2) is 0 Å². The number of rotatable bonds is 5. The number of carbonyl (C=O) groups excluding carboxylic acids is 1. The van der Waals surface area contributed by atoms with Gasteiger partial charge in [0.25, 0.3) is 0 Å². The van der Waals surface area contributed by atoms with Crippen LogP contribution < -0.4 is 9.47 Å². The smallest absolute Gasteiger partial charge is 0.168 e. The number of hydrogen-bond acceptors (Lipinski definition) is 4. The monoisotopic (exact) mass is 284 g/mol. The third-order valence-corrected chi connectivity index (χ3v) is 3.06. The second kappa shape index (κ2) is 6.61. The summed E-state index contributed by atoms with van der Waals surface area (Å²) in [5.41, 5.74) is 1.96. The topological polar surface area (TPSA) is 55.8 Å².